The predicted molar refractivity (Wildman–Crippen MR) is 190 cm³/mol. The summed E-state index contributed by atoms with van der Waals surface area (Å²) in [6.07, 6.45) is 3.92. The van der Waals surface area contributed by atoms with Gasteiger partial charge in [0.2, 0.25) is 0 Å². The van der Waals surface area contributed by atoms with Crippen LogP contribution in [0, 0.1) is 0 Å². The topological polar surface area (TPSA) is 19.4 Å². The van der Waals surface area contributed by atoms with Crippen molar-refractivity contribution >= 4 is 88.7 Å². The molecule has 4 heterocycles. The van der Waals surface area contributed by atoms with Crippen molar-refractivity contribution in [3.63, 3.8) is 0 Å². The Labute approximate surface area is 262 Å². The molecule has 0 bridgehead atoms. The number of hydrogen-bond acceptors (Lipinski definition) is 4. The van der Waals surface area contributed by atoms with E-state index in [9.17, 15) is 0 Å². The van der Waals surface area contributed by atoms with E-state index < -0.39 is 0 Å². The Bertz CT molecular complexity index is 2250. The lowest BCUT2D eigenvalue weighted by Gasteiger charge is -2.45. The zero-order valence-electron chi connectivity index (χ0n) is 25.0. The molecular formula is C39H30BN3S. The first kappa shape index (κ1) is 25.6. The molecule has 0 atom stereocenters. The van der Waals surface area contributed by atoms with Gasteiger partial charge in [-0.25, -0.2) is 0 Å². The minimum atomic E-state index is -0.0459. The third-order valence-corrected chi connectivity index (χ3v) is 10.4. The average molecular weight is 584 g/mol. The van der Waals surface area contributed by atoms with Gasteiger partial charge in [-0.1, -0.05) is 81.4 Å². The van der Waals surface area contributed by atoms with Crippen LogP contribution in [0.2, 0.25) is 0 Å². The van der Waals surface area contributed by atoms with Crippen LogP contribution < -0.4 is 26.2 Å². The Hall–Kier alpha value is -4.87. The maximum atomic E-state index is 4.45. The molecule has 7 aromatic rings. The highest BCUT2D eigenvalue weighted by molar-refractivity contribution is 7.25. The van der Waals surface area contributed by atoms with Gasteiger partial charge < -0.3 is 9.80 Å². The molecule has 44 heavy (non-hydrogen) atoms. The lowest BCUT2D eigenvalue weighted by molar-refractivity contribution is 0.590. The first-order chi connectivity index (χ1) is 21.5. The smallest absolute Gasteiger partial charge is 0.252 e. The lowest BCUT2D eigenvalue weighted by atomic mass is 9.33. The van der Waals surface area contributed by atoms with Crippen molar-refractivity contribution in [2.75, 3.05) is 9.80 Å². The minimum absolute atomic E-state index is 0.0459. The number of aromatic nitrogens is 1. The zero-order chi connectivity index (χ0) is 29.6. The number of thiophene rings is 1. The van der Waals surface area contributed by atoms with E-state index in [1.165, 1.54) is 76.2 Å². The van der Waals surface area contributed by atoms with E-state index in [-0.39, 0.29) is 12.1 Å². The van der Waals surface area contributed by atoms with Gasteiger partial charge in [0.25, 0.3) is 6.71 Å². The highest BCUT2D eigenvalue weighted by Crippen LogP contribution is 2.49. The number of fused-ring (bicyclic) bond motifs is 7. The van der Waals surface area contributed by atoms with Crippen LogP contribution in [0.3, 0.4) is 0 Å². The molecule has 0 amide bonds. The second-order valence-electron chi connectivity index (χ2n) is 12.9. The van der Waals surface area contributed by atoms with Crippen LogP contribution in [0.4, 0.5) is 34.1 Å². The molecule has 9 rings (SSSR count). The molecule has 2 aliphatic rings. The number of para-hydroxylation sites is 3. The van der Waals surface area contributed by atoms with Crippen LogP contribution in [0.1, 0.15) is 26.3 Å². The summed E-state index contributed by atoms with van der Waals surface area (Å²) in [7, 11) is 0. The van der Waals surface area contributed by atoms with Crippen molar-refractivity contribution in [3.05, 3.63) is 133 Å². The average Bonchev–Trinajstić information content (AvgIpc) is 3.43. The zero-order valence-corrected chi connectivity index (χ0v) is 25.8. The Morgan fingerprint density at radius 1 is 0.614 bits per heavy atom. The lowest BCUT2D eigenvalue weighted by Crippen LogP contribution is -2.61. The second kappa shape index (κ2) is 9.32. The number of pyridine rings is 1. The van der Waals surface area contributed by atoms with Gasteiger partial charge in [-0.3, -0.25) is 4.98 Å². The molecule has 3 nitrogen and oxygen atoms in total. The Morgan fingerprint density at radius 3 is 1.98 bits per heavy atom. The van der Waals surface area contributed by atoms with Crippen molar-refractivity contribution in [2.45, 2.75) is 26.2 Å². The molecule has 0 aliphatic carbocycles. The summed E-state index contributed by atoms with van der Waals surface area (Å²) in [6.45, 7) is 7.09. The van der Waals surface area contributed by atoms with E-state index in [1.54, 1.807) is 0 Å². The third kappa shape index (κ3) is 3.60. The minimum Gasteiger partial charge on any atom is -0.311 e. The summed E-state index contributed by atoms with van der Waals surface area (Å²) < 4.78 is 2.50. The molecule has 2 aromatic heterocycles. The van der Waals surface area contributed by atoms with E-state index in [0.717, 1.165) is 0 Å². The number of hydrogen-bond donors (Lipinski definition) is 0. The Morgan fingerprint density at radius 2 is 1.25 bits per heavy atom. The summed E-state index contributed by atoms with van der Waals surface area (Å²) in [5.74, 6) is 0. The summed E-state index contributed by atoms with van der Waals surface area (Å²) in [5, 5.41) is 2.54. The molecular weight excluding hydrogens is 553 g/mol. The van der Waals surface area contributed by atoms with Crippen LogP contribution in [0.5, 0.6) is 0 Å². The molecule has 5 heteroatoms. The normalized spacial score (nSPS) is 13.7. The van der Waals surface area contributed by atoms with Gasteiger partial charge in [0.05, 0.1) is 10.4 Å². The fourth-order valence-electron chi connectivity index (χ4n) is 7.29. The quantitative estimate of drug-likeness (QED) is 0.190. The van der Waals surface area contributed by atoms with E-state index >= 15 is 0 Å². The van der Waals surface area contributed by atoms with Crippen LogP contribution >= 0.6 is 11.3 Å². The van der Waals surface area contributed by atoms with Crippen LogP contribution in [-0.2, 0) is 5.41 Å². The molecule has 0 unspecified atom stereocenters. The predicted octanol–water partition coefficient (Wildman–Crippen LogP) is 8.83. The summed E-state index contributed by atoms with van der Waals surface area (Å²) in [4.78, 5) is 9.48. The van der Waals surface area contributed by atoms with Crippen LogP contribution in [-0.4, -0.2) is 11.7 Å². The van der Waals surface area contributed by atoms with E-state index in [2.05, 4.69) is 151 Å². The molecule has 2 aliphatic heterocycles. The maximum absolute atomic E-state index is 4.45. The molecule has 0 fully saturated rings. The second-order valence-corrected chi connectivity index (χ2v) is 13.9. The summed E-state index contributed by atoms with van der Waals surface area (Å²) >= 11 is 1.82. The molecule has 0 saturated carbocycles. The van der Waals surface area contributed by atoms with Gasteiger partial charge in [0.15, 0.2) is 0 Å². The fourth-order valence-corrected chi connectivity index (χ4v) is 8.39. The van der Waals surface area contributed by atoms with Crippen molar-refractivity contribution in [1.82, 2.24) is 4.98 Å². The molecule has 210 valence electrons. The highest BCUT2D eigenvalue weighted by atomic mass is 32.1. The van der Waals surface area contributed by atoms with Crippen molar-refractivity contribution in [2.24, 2.45) is 0 Å². The maximum Gasteiger partial charge on any atom is 0.252 e. The first-order valence-electron chi connectivity index (χ1n) is 15.3. The largest absolute Gasteiger partial charge is 0.311 e. The van der Waals surface area contributed by atoms with Gasteiger partial charge in [0, 0.05) is 56.3 Å². The number of anilines is 6. The molecule has 0 saturated heterocycles. The summed E-state index contributed by atoms with van der Waals surface area (Å²) in [5.41, 5.74) is 12.7. The van der Waals surface area contributed by atoms with Crippen molar-refractivity contribution in [3.8, 4) is 0 Å². The standard InChI is InChI=1S/C39H30BN3S/c1-39(2,3)25-22-33-38-34(23-25)43(32-18-11-19-35-37(32)27-20-21-41-24-36(27)44-35)31-17-10-8-15-29(31)40(38)28-14-7-9-16-30(28)42(33)26-12-5-4-6-13-26/h4-24H,1-3H3. The van der Waals surface area contributed by atoms with Gasteiger partial charge in [0.1, 0.15) is 0 Å². The third-order valence-electron chi connectivity index (χ3n) is 9.28. The number of rotatable bonds is 2. The van der Waals surface area contributed by atoms with Crippen LogP contribution in [0.15, 0.2) is 128 Å². The Kier molecular flexibility index (Phi) is 5.42. The van der Waals surface area contributed by atoms with E-state index in [1.807, 2.05) is 23.7 Å². The molecule has 0 radical (unpaired) electrons. The Balaban J connectivity index is 1.44. The van der Waals surface area contributed by atoms with Crippen molar-refractivity contribution < 1.29 is 0 Å². The van der Waals surface area contributed by atoms with Gasteiger partial charge in [-0.05, 0) is 82.0 Å². The van der Waals surface area contributed by atoms with Gasteiger partial charge >= 0.3 is 0 Å². The summed E-state index contributed by atoms with van der Waals surface area (Å²) in [6, 6.07) is 42.7. The number of nitrogens with zero attached hydrogens (tertiary/aromatic N) is 3. The molecule has 0 spiro atoms. The first-order valence-corrected chi connectivity index (χ1v) is 16.1. The number of benzene rings is 5. The SMILES string of the molecule is CC(C)(C)c1cc2c3c(c1)N(c1cccc4sc5cnccc5c14)c1ccccc1B3c1ccccc1N2c1ccccc1. The molecule has 5 aromatic carbocycles. The van der Waals surface area contributed by atoms with Crippen LogP contribution in [0.25, 0.3) is 20.2 Å². The fraction of sp³-hybridized carbons (Fsp3) is 0.103. The highest BCUT2D eigenvalue weighted by Gasteiger charge is 2.44. The van der Waals surface area contributed by atoms with E-state index in [4.69, 9.17) is 0 Å². The van der Waals surface area contributed by atoms with E-state index in [0.29, 0.717) is 0 Å². The van der Waals surface area contributed by atoms with Crippen molar-refractivity contribution in [1.29, 1.82) is 0 Å². The monoisotopic (exact) mass is 583 g/mol. The van der Waals surface area contributed by atoms with Gasteiger partial charge in [-0.15, -0.1) is 11.3 Å². The molecule has 0 N–H and O–H groups in total. The van der Waals surface area contributed by atoms with Gasteiger partial charge in [-0.2, -0.15) is 0 Å².